The highest BCUT2D eigenvalue weighted by molar-refractivity contribution is 7.13. The van der Waals surface area contributed by atoms with Gasteiger partial charge in [-0.05, 0) is 23.8 Å². The van der Waals surface area contributed by atoms with Gasteiger partial charge in [-0.1, -0.05) is 35.3 Å². The van der Waals surface area contributed by atoms with Crippen molar-refractivity contribution in [1.82, 2.24) is 20.1 Å². The second kappa shape index (κ2) is 10.6. The Morgan fingerprint density at radius 3 is 2.70 bits per heavy atom. The van der Waals surface area contributed by atoms with Gasteiger partial charge in [-0.2, -0.15) is 0 Å². The molecule has 0 spiro atoms. The maximum atomic E-state index is 12.6. The third-order valence-corrected chi connectivity index (χ3v) is 6.97. The fourth-order valence-corrected chi connectivity index (χ4v) is 4.91. The van der Waals surface area contributed by atoms with Gasteiger partial charge in [-0.3, -0.25) is 19.3 Å². The first-order valence-electron chi connectivity index (χ1n) is 10.3. The molecule has 1 N–H and O–H groups in total. The number of hydrogen-bond acceptors (Lipinski definition) is 6. The molecule has 33 heavy (non-hydrogen) atoms. The van der Waals surface area contributed by atoms with Gasteiger partial charge in [0.2, 0.25) is 5.91 Å². The quantitative estimate of drug-likeness (QED) is 0.609. The van der Waals surface area contributed by atoms with Crippen molar-refractivity contribution in [3.8, 4) is 0 Å². The van der Waals surface area contributed by atoms with Crippen LogP contribution in [0.1, 0.15) is 20.2 Å². The summed E-state index contributed by atoms with van der Waals surface area (Å²) in [4.78, 5) is 49.4. The van der Waals surface area contributed by atoms with E-state index in [2.05, 4.69) is 20.2 Å². The van der Waals surface area contributed by atoms with Crippen LogP contribution < -0.4 is 5.32 Å². The summed E-state index contributed by atoms with van der Waals surface area (Å²) in [5.74, 6) is -1.66. The Kier molecular flexibility index (Phi) is 7.54. The number of nitrogens with zero attached hydrogens (tertiary/aromatic N) is 4. The molecule has 11 heteroatoms. The largest absolute Gasteiger partial charge is 0.347 e. The zero-order chi connectivity index (χ0) is 23.4. The van der Waals surface area contributed by atoms with E-state index >= 15 is 0 Å². The molecule has 3 heterocycles. The molecule has 1 aromatic heterocycles. The van der Waals surface area contributed by atoms with Crippen LogP contribution in [0.2, 0.25) is 10.0 Å². The van der Waals surface area contributed by atoms with Crippen molar-refractivity contribution in [1.29, 1.82) is 0 Å². The first-order chi connectivity index (χ1) is 15.9. The van der Waals surface area contributed by atoms with E-state index in [-0.39, 0.29) is 11.8 Å². The molecular formula is C22H21Cl2N5O3S. The molecule has 2 aromatic rings. The minimum absolute atomic E-state index is 0.207. The van der Waals surface area contributed by atoms with Gasteiger partial charge in [-0.15, -0.1) is 11.3 Å². The normalized spacial score (nSPS) is 18.5. The first kappa shape index (κ1) is 23.6. The fraction of sp³-hybridized carbons (Fsp3) is 0.318. The third-order valence-electron chi connectivity index (χ3n) is 5.40. The van der Waals surface area contributed by atoms with Crippen LogP contribution in [0.4, 0.5) is 0 Å². The van der Waals surface area contributed by atoms with E-state index in [1.807, 2.05) is 0 Å². The summed E-state index contributed by atoms with van der Waals surface area (Å²) in [6.45, 7) is 3.27. The van der Waals surface area contributed by atoms with Gasteiger partial charge in [0.1, 0.15) is 15.8 Å². The molecule has 1 saturated heterocycles. The van der Waals surface area contributed by atoms with Gasteiger partial charge in [0.25, 0.3) is 11.8 Å². The molecule has 2 aliphatic rings. The number of piperazine rings is 1. The van der Waals surface area contributed by atoms with Crippen molar-refractivity contribution in [3.05, 3.63) is 62.0 Å². The average Bonchev–Trinajstić information content (AvgIpc) is 3.27. The molecule has 172 valence electrons. The standard InChI is InChI=1S/C22H21Cl2N5O3S/c23-15-4-3-14(17(24)10-15)11-27-21(31)18-12-26-19(33-18)13-28-6-8-29(9-7-28)22(32)16-2-1-5-25-20(16)30/h1-5,10,12,16H,6-9,11,13H2,(H,27,31). The molecule has 0 radical (unpaired) electrons. The van der Waals surface area contributed by atoms with E-state index in [9.17, 15) is 14.4 Å². The summed E-state index contributed by atoms with van der Waals surface area (Å²) in [5, 5.41) is 4.72. The Labute approximate surface area is 204 Å². The van der Waals surface area contributed by atoms with Crippen molar-refractivity contribution in [2.75, 3.05) is 26.2 Å². The lowest BCUT2D eigenvalue weighted by Gasteiger charge is -2.35. The van der Waals surface area contributed by atoms with E-state index in [1.54, 1.807) is 41.4 Å². The Balaban J connectivity index is 1.25. The zero-order valence-corrected chi connectivity index (χ0v) is 19.9. The molecule has 1 atom stereocenters. The lowest BCUT2D eigenvalue weighted by molar-refractivity contribution is -0.140. The van der Waals surface area contributed by atoms with Crippen LogP contribution in [0.3, 0.4) is 0 Å². The maximum absolute atomic E-state index is 12.6. The molecule has 0 bridgehead atoms. The van der Waals surface area contributed by atoms with E-state index in [1.165, 1.54) is 17.6 Å². The van der Waals surface area contributed by atoms with Gasteiger partial charge in [0.15, 0.2) is 0 Å². The van der Waals surface area contributed by atoms with Crippen molar-refractivity contribution >= 4 is 58.5 Å². The van der Waals surface area contributed by atoms with Gasteiger partial charge in [0.05, 0.1) is 12.7 Å². The van der Waals surface area contributed by atoms with Gasteiger partial charge in [0, 0.05) is 49.0 Å². The molecule has 4 rings (SSSR count). The molecule has 1 fully saturated rings. The second-order valence-electron chi connectivity index (χ2n) is 7.62. The van der Waals surface area contributed by atoms with E-state index in [0.29, 0.717) is 54.2 Å². The highest BCUT2D eigenvalue weighted by Crippen LogP contribution is 2.22. The van der Waals surface area contributed by atoms with Crippen LogP contribution in [-0.2, 0) is 22.7 Å². The Hall–Kier alpha value is -2.59. The number of carbonyl (C=O) groups is 3. The number of aromatic nitrogens is 1. The number of amides is 3. The molecule has 3 amide bonds. The van der Waals surface area contributed by atoms with E-state index in [0.717, 1.165) is 10.6 Å². The molecular weight excluding hydrogens is 485 g/mol. The number of halogens is 2. The van der Waals surface area contributed by atoms with Crippen LogP contribution >= 0.6 is 34.5 Å². The predicted molar refractivity (Wildman–Crippen MR) is 128 cm³/mol. The summed E-state index contributed by atoms with van der Waals surface area (Å²) in [6.07, 6.45) is 6.19. The molecule has 1 unspecified atom stereocenters. The maximum Gasteiger partial charge on any atom is 0.263 e. The van der Waals surface area contributed by atoms with Crippen molar-refractivity contribution < 1.29 is 14.4 Å². The Morgan fingerprint density at radius 2 is 1.97 bits per heavy atom. The van der Waals surface area contributed by atoms with Crippen LogP contribution in [-0.4, -0.2) is 64.9 Å². The topological polar surface area (TPSA) is 95.0 Å². The number of rotatable bonds is 6. The van der Waals surface area contributed by atoms with Crippen LogP contribution in [0.5, 0.6) is 0 Å². The summed E-state index contributed by atoms with van der Waals surface area (Å²) >= 11 is 13.4. The highest BCUT2D eigenvalue weighted by atomic mass is 35.5. The minimum atomic E-state index is -0.815. The number of carbonyl (C=O) groups excluding carboxylic acids is 3. The number of thiazole rings is 1. The molecule has 2 aliphatic heterocycles. The van der Waals surface area contributed by atoms with Crippen molar-refractivity contribution in [2.45, 2.75) is 13.1 Å². The molecule has 8 nitrogen and oxygen atoms in total. The Morgan fingerprint density at radius 1 is 1.18 bits per heavy atom. The van der Waals surface area contributed by atoms with Crippen LogP contribution in [0.25, 0.3) is 0 Å². The summed E-state index contributed by atoms with van der Waals surface area (Å²) in [6, 6.07) is 5.15. The van der Waals surface area contributed by atoms with Crippen LogP contribution in [0.15, 0.2) is 41.5 Å². The fourth-order valence-electron chi connectivity index (χ4n) is 3.56. The van der Waals surface area contributed by atoms with Gasteiger partial charge < -0.3 is 10.2 Å². The minimum Gasteiger partial charge on any atom is -0.347 e. The first-order valence-corrected chi connectivity index (χ1v) is 11.9. The van der Waals surface area contributed by atoms with Gasteiger partial charge in [-0.25, -0.2) is 9.98 Å². The lowest BCUT2D eigenvalue weighted by atomic mass is 10.0. The summed E-state index contributed by atoms with van der Waals surface area (Å²) < 4.78 is 0. The number of aliphatic imine (C=N–C) groups is 1. The van der Waals surface area contributed by atoms with E-state index < -0.39 is 11.8 Å². The summed E-state index contributed by atoms with van der Waals surface area (Å²) in [7, 11) is 0. The SMILES string of the molecule is O=C(NCc1ccc(Cl)cc1Cl)c1cnc(CN2CCN(C(=O)C3C=CC=NC3=O)CC2)s1. The second-order valence-corrected chi connectivity index (χ2v) is 9.58. The smallest absolute Gasteiger partial charge is 0.263 e. The van der Waals surface area contributed by atoms with Crippen LogP contribution in [0, 0.1) is 5.92 Å². The monoisotopic (exact) mass is 505 g/mol. The van der Waals surface area contributed by atoms with Crippen molar-refractivity contribution in [2.24, 2.45) is 10.9 Å². The molecule has 0 aliphatic carbocycles. The number of benzene rings is 1. The molecule has 0 saturated carbocycles. The highest BCUT2D eigenvalue weighted by Gasteiger charge is 2.31. The zero-order valence-electron chi connectivity index (χ0n) is 17.5. The van der Waals surface area contributed by atoms with E-state index in [4.69, 9.17) is 23.2 Å². The number of hydrogen-bond donors (Lipinski definition) is 1. The van der Waals surface area contributed by atoms with Gasteiger partial charge >= 0.3 is 0 Å². The predicted octanol–water partition coefficient (Wildman–Crippen LogP) is 2.81. The number of nitrogens with one attached hydrogen (secondary N) is 1. The number of dihydropyridines is 1. The average molecular weight is 506 g/mol. The number of allylic oxidation sites excluding steroid dienone is 1. The third kappa shape index (κ3) is 5.86. The van der Waals surface area contributed by atoms with Crippen molar-refractivity contribution in [3.63, 3.8) is 0 Å². The molecule has 1 aromatic carbocycles. The Bertz CT molecular complexity index is 1120. The lowest BCUT2D eigenvalue weighted by Crippen LogP contribution is -2.50. The summed E-state index contributed by atoms with van der Waals surface area (Å²) in [5.41, 5.74) is 0.781.